The van der Waals surface area contributed by atoms with E-state index in [4.69, 9.17) is 5.11 Å². The number of halogens is 2. The summed E-state index contributed by atoms with van der Waals surface area (Å²) < 4.78 is 15.8. The van der Waals surface area contributed by atoms with Crippen LogP contribution in [0.25, 0.3) is 10.2 Å². The van der Waals surface area contributed by atoms with Gasteiger partial charge >= 0.3 is 5.97 Å². The highest BCUT2D eigenvalue weighted by atomic mass is 79.9. The minimum atomic E-state index is -1.16. The minimum Gasteiger partial charge on any atom is -0.472 e. The molecule has 1 heterocycles. The molecule has 0 spiro atoms. The van der Waals surface area contributed by atoms with Crippen LogP contribution in [-0.4, -0.2) is 22.6 Å². The van der Waals surface area contributed by atoms with E-state index in [1.165, 1.54) is 23.0 Å². The molecule has 0 aliphatic rings. The van der Waals surface area contributed by atoms with E-state index >= 15 is 0 Å². The van der Waals surface area contributed by atoms with Crippen LogP contribution in [0.3, 0.4) is 0 Å². The van der Waals surface area contributed by atoms with Gasteiger partial charge in [0, 0.05) is 29.0 Å². The maximum atomic E-state index is 14.3. The Morgan fingerprint density at radius 3 is 2.59 bits per heavy atom. The number of rotatable bonds is 6. The summed E-state index contributed by atoms with van der Waals surface area (Å²) in [5.74, 6) is 3.31. The predicted octanol–water partition coefficient (Wildman–Crippen LogP) is 5.88. The van der Waals surface area contributed by atoms with Gasteiger partial charge in [0.15, 0.2) is 5.13 Å². The van der Waals surface area contributed by atoms with Crippen molar-refractivity contribution in [1.29, 1.82) is 0 Å². The third kappa shape index (κ3) is 5.52. The Morgan fingerprint density at radius 1 is 1.09 bits per heavy atom. The van der Waals surface area contributed by atoms with E-state index < -0.39 is 5.97 Å². The van der Waals surface area contributed by atoms with Crippen LogP contribution in [-0.2, 0) is 17.8 Å². The number of anilines is 1. The lowest BCUT2D eigenvalue weighted by atomic mass is 10.1. The number of aromatic nitrogens is 1. The van der Waals surface area contributed by atoms with Crippen molar-refractivity contribution in [2.24, 2.45) is 0 Å². The largest absolute Gasteiger partial charge is 0.472 e. The topological polar surface area (TPSA) is 53.4 Å². The van der Waals surface area contributed by atoms with Crippen molar-refractivity contribution in [3.63, 3.8) is 0 Å². The van der Waals surface area contributed by atoms with E-state index in [1.807, 2.05) is 30.3 Å². The lowest BCUT2D eigenvalue weighted by Gasteiger charge is -2.22. The standard InChI is InChI=1S/C25H18BrFN2O2S/c26-20-4-1-3-18(15-20)13-14-29(25-28-22-6-2-5-21(27)24(22)32-25)16-19-9-7-17(8-10-19)11-12-23(30)31/h1-10,15H,13-14,16H2,(H,30,31). The molecule has 4 rings (SSSR count). The normalized spacial score (nSPS) is 10.6. The molecule has 0 aliphatic carbocycles. The quantitative estimate of drug-likeness (QED) is 0.330. The molecule has 0 saturated carbocycles. The molecule has 0 saturated heterocycles. The van der Waals surface area contributed by atoms with Gasteiger partial charge in [-0.25, -0.2) is 14.2 Å². The summed E-state index contributed by atoms with van der Waals surface area (Å²) in [6.07, 6.45) is 0.806. The van der Waals surface area contributed by atoms with Gasteiger partial charge < -0.3 is 10.0 Å². The summed E-state index contributed by atoms with van der Waals surface area (Å²) in [5, 5.41) is 9.47. The predicted molar refractivity (Wildman–Crippen MR) is 129 cm³/mol. The van der Waals surface area contributed by atoms with Gasteiger partial charge in [-0.1, -0.05) is 63.5 Å². The molecule has 0 atom stereocenters. The molecular weight excluding hydrogens is 491 g/mol. The smallest absolute Gasteiger partial charge is 0.382 e. The van der Waals surface area contributed by atoms with Gasteiger partial charge in [0.05, 0.1) is 10.2 Å². The lowest BCUT2D eigenvalue weighted by Crippen LogP contribution is -2.25. The molecule has 4 nitrogen and oxygen atoms in total. The van der Waals surface area contributed by atoms with Crippen LogP contribution in [0.4, 0.5) is 9.52 Å². The molecule has 4 aromatic rings. The third-order valence-corrected chi connectivity index (χ3v) is 6.46. The number of fused-ring (bicyclic) bond motifs is 1. The van der Waals surface area contributed by atoms with Gasteiger partial charge in [-0.15, -0.1) is 0 Å². The zero-order valence-electron chi connectivity index (χ0n) is 16.9. The summed E-state index contributed by atoms with van der Waals surface area (Å²) >= 11 is 4.86. The minimum absolute atomic E-state index is 0.264. The Kier molecular flexibility index (Phi) is 6.84. The van der Waals surface area contributed by atoms with Crippen LogP contribution in [0.1, 0.15) is 16.7 Å². The molecule has 0 aliphatic heterocycles. The molecule has 3 aromatic carbocycles. The Bertz CT molecular complexity index is 1330. The molecule has 0 fully saturated rings. The van der Waals surface area contributed by atoms with Gasteiger partial charge in [0.1, 0.15) is 5.82 Å². The van der Waals surface area contributed by atoms with Crippen LogP contribution >= 0.6 is 27.3 Å². The summed E-state index contributed by atoms with van der Waals surface area (Å²) in [6.45, 7) is 1.29. The summed E-state index contributed by atoms with van der Waals surface area (Å²) in [4.78, 5) is 17.4. The fourth-order valence-corrected chi connectivity index (χ4v) is 4.72. The maximum absolute atomic E-state index is 14.3. The van der Waals surface area contributed by atoms with Gasteiger partial charge in [0.2, 0.25) is 0 Å². The van der Waals surface area contributed by atoms with E-state index in [-0.39, 0.29) is 5.82 Å². The third-order valence-electron chi connectivity index (χ3n) is 4.83. The first kappa shape index (κ1) is 22.0. The highest BCUT2D eigenvalue weighted by Gasteiger charge is 2.15. The Labute approximate surface area is 197 Å². The summed E-state index contributed by atoms with van der Waals surface area (Å²) in [6, 6.07) is 20.6. The van der Waals surface area contributed by atoms with Crippen LogP contribution in [0.5, 0.6) is 0 Å². The van der Waals surface area contributed by atoms with Crippen molar-refractivity contribution in [2.75, 3.05) is 11.4 Å². The van der Waals surface area contributed by atoms with Crippen LogP contribution in [0, 0.1) is 17.7 Å². The van der Waals surface area contributed by atoms with E-state index in [2.05, 4.69) is 49.8 Å². The first-order valence-electron chi connectivity index (χ1n) is 9.86. The maximum Gasteiger partial charge on any atom is 0.382 e. The second kappa shape index (κ2) is 9.94. The van der Waals surface area contributed by atoms with Gasteiger partial charge in [0.25, 0.3) is 0 Å². The fraction of sp³-hybridized carbons (Fsp3) is 0.120. The molecule has 7 heteroatoms. The van der Waals surface area contributed by atoms with E-state index in [9.17, 15) is 9.18 Å². The molecule has 0 amide bonds. The number of nitrogens with zero attached hydrogens (tertiary/aromatic N) is 2. The van der Waals surface area contributed by atoms with Crippen LogP contribution < -0.4 is 4.90 Å². The van der Waals surface area contributed by atoms with Gasteiger partial charge in [-0.05, 0) is 53.9 Å². The van der Waals surface area contributed by atoms with Crippen molar-refractivity contribution in [1.82, 2.24) is 4.98 Å². The number of carboxylic acids is 1. The molecule has 1 aromatic heterocycles. The van der Waals surface area contributed by atoms with Gasteiger partial charge in [-0.3, -0.25) is 0 Å². The Morgan fingerprint density at radius 2 is 1.88 bits per heavy atom. The van der Waals surface area contributed by atoms with E-state index in [0.717, 1.165) is 21.6 Å². The highest BCUT2D eigenvalue weighted by molar-refractivity contribution is 9.10. The van der Waals surface area contributed by atoms with E-state index in [1.54, 1.807) is 18.2 Å². The number of benzene rings is 3. The number of hydrogen-bond acceptors (Lipinski definition) is 4. The monoisotopic (exact) mass is 508 g/mol. The number of carbonyl (C=O) groups is 1. The molecule has 0 radical (unpaired) electrons. The van der Waals surface area contributed by atoms with Crippen molar-refractivity contribution < 1.29 is 14.3 Å². The summed E-state index contributed by atoms with van der Waals surface area (Å²) in [5.41, 5.74) is 3.51. The number of carboxylic acid groups (broad SMARTS) is 1. The number of hydrogen-bond donors (Lipinski definition) is 1. The first-order valence-corrected chi connectivity index (χ1v) is 11.5. The highest BCUT2D eigenvalue weighted by Crippen LogP contribution is 2.31. The SMILES string of the molecule is O=C(O)C#Cc1ccc(CN(CCc2cccc(Br)c2)c2nc3cccc(F)c3s2)cc1. The average molecular weight is 509 g/mol. The zero-order chi connectivity index (χ0) is 22.5. The zero-order valence-corrected chi connectivity index (χ0v) is 19.3. The van der Waals surface area contributed by atoms with Crippen molar-refractivity contribution in [3.05, 3.63) is 93.7 Å². The Hall–Kier alpha value is -3.21. The fourth-order valence-electron chi connectivity index (χ4n) is 3.28. The lowest BCUT2D eigenvalue weighted by molar-refractivity contribution is -0.130. The van der Waals surface area contributed by atoms with Crippen molar-refractivity contribution >= 4 is 48.6 Å². The second-order valence-electron chi connectivity index (χ2n) is 7.14. The van der Waals surface area contributed by atoms with Crippen molar-refractivity contribution in [3.8, 4) is 11.8 Å². The Balaban J connectivity index is 1.60. The number of thiazole rings is 1. The number of aliphatic carboxylic acids is 1. The second-order valence-corrected chi connectivity index (χ2v) is 9.03. The molecule has 1 N–H and O–H groups in total. The van der Waals surface area contributed by atoms with Gasteiger partial charge in [-0.2, -0.15) is 0 Å². The van der Waals surface area contributed by atoms with E-state index in [0.29, 0.717) is 28.9 Å². The first-order chi connectivity index (χ1) is 15.5. The van der Waals surface area contributed by atoms with Crippen LogP contribution in [0.15, 0.2) is 71.2 Å². The average Bonchev–Trinajstić information content (AvgIpc) is 3.22. The van der Waals surface area contributed by atoms with Crippen molar-refractivity contribution in [2.45, 2.75) is 13.0 Å². The molecule has 0 unspecified atom stereocenters. The molecule has 0 bridgehead atoms. The molecule has 160 valence electrons. The molecule has 32 heavy (non-hydrogen) atoms. The van der Waals surface area contributed by atoms with Crippen LogP contribution in [0.2, 0.25) is 0 Å². The molecular formula is C25H18BrFN2O2S. The summed E-state index contributed by atoms with van der Waals surface area (Å²) in [7, 11) is 0.